The zero-order chi connectivity index (χ0) is 13.0. The maximum absolute atomic E-state index is 11.1. The van der Waals surface area contributed by atoms with Gasteiger partial charge in [-0.1, -0.05) is 0 Å². The van der Waals surface area contributed by atoms with Crippen LogP contribution in [0.4, 0.5) is 5.82 Å². The van der Waals surface area contributed by atoms with Gasteiger partial charge in [0.05, 0.1) is 7.11 Å². The number of nitro groups is 1. The van der Waals surface area contributed by atoms with Gasteiger partial charge in [0.2, 0.25) is 10.4 Å². The summed E-state index contributed by atoms with van der Waals surface area (Å²) < 4.78 is 9.87. The number of hydrogen-bond donors (Lipinski definition) is 0. The molecule has 1 rings (SSSR count). The van der Waals surface area contributed by atoms with Gasteiger partial charge in [-0.25, -0.2) is 4.79 Å². The summed E-state index contributed by atoms with van der Waals surface area (Å²) in [6, 6.07) is 2.83. The van der Waals surface area contributed by atoms with Gasteiger partial charge < -0.3 is 19.6 Å². The number of aromatic nitrogens is 1. The Morgan fingerprint density at radius 1 is 1.59 bits per heavy atom. The first-order valence-electron chi connectivity index (χ1n) is 4.51. The second-order valence-electron chi connectivity index (χ2n) is 3.00. The maximum atomic E-state index is 11.1. The van der Waals surface area contributed by atoms with Gasteiger partial charge in [-0.3, -0.25) is 0 Å². The minimum atomic E-state index is -0.943. The number of halogens is 1. The highest BCUT2D eigenvalue weighted by molar-refractivity contribution is 9.10. The van der Waals surface area contributed by atoms with E-state index in [1.807, 2.05) is 0 Å². The normalized spacial score (nSPS) is 11.7. The van der Waals surface area contributed by atoms with Crippen LogP contribution in [0.2, 0.25) is 0 Å². The van der Waals surface area contributed by atoms with Crippen LogP contribution in [0.5, 0.6) is 5.75 Å². The molecular formula is C9H9BrN2O5. The Hall–Kier alpha value is -1.70. The van der Waals surface area contributed by atoms with Crippen LogP contribution < -0.4 is 4.74 Å². The van der Waals surface area contributed by atoms with Gasteiger partial charge in [-0.2, -0.15) is 0 Å². The summed E-state index contributed by atoms with van der Waals surface area (Å²) in [7, 11) is 1.20. The first-order chi connectivity index (χ1) is 7.95. The fourth-order valence-electron chi connectivity index (χ4n) is 1.04. The lowest BCUT2D eigenvalue weighted by Crippen LogP contribution is -2.25. The van der Waals surface area contributed by atoms with Gasteiger partial charge in [0, 0.05) is 22.0 Å². The van der Waals surface area contributed by atoms with Crippen LogP contribution >= 0.6 is 15.9 Å². The molecule has 0 bridgehead atoms. The van der Waals surface area contributed by atoms with Crippen molar-refractivity contribution in [3.05, 3.63) is 26.9 Å². The number of rotatable bonds is 4. The predicted octanol–water partition coefficient (Wildman–Crippen LogP) is 1.69. The van der Waals surface area contributed by atoms with Crippen LogP contribution in [0, 0.1) is 10.1 Å². The van der Waals surface area contributed by atoms with Crippen molar-refractivity contribution in [3.8, 4) is 5.75 Å². The van der Waals surface area contributed by atoms with E-state index in [9.17, 15) is 14.9 Å². The molecule has 0 saturated heterocycles. The van der Waals surface area contributed by atoms with E-state index >= 15 is 0 Å². The van der Waals surface area contributed by atoms with Gasteiger partial charge in [0.15, 0.2) is 6.10 Å². The number of hydrogen-bond acceptors (Lipinski definition) is 6. The standard InChI is InChI=1S/C9H9BrN2O5/c1-5(9(13)16-2)17-6-3-4-7(10)11-8(6)12(14)15/h3-5H,1-2H3/t5-/m1/s1. The molecule has 8 heteroatoms. The molecule has 7 nitrogen and oxygen atoms in total. The highest BCUT2D eigenvalue weighted by Gasteiger charge is 2.23. The maximum Gasteiger partial charge on any atom is 0.407 e. The van der Waals surface area contributed by atoms with Crippen molar-refractivity contribution >= 4 is 27.7 Å². The third-order valence-electron chi connectivity index (χ3n) is 1.82. The van der Waals surface area contributed by atoms with Gasteiger partial charge >= 0.3 is 11.8 Å². The molecule has 0 fully saturated rings. The molecule has 0 aliphatic heterocycles. The van der Waals surface area contributed by atoms with Gasteiger partial charge in [-0.05, 0) is 22.9 Å². The van der Waals surface area contributed by atoms with Crippen molar-refractivity contribution in [1.29, 1.82) is 0 Å². The summed E-state index contributed by atoms with van der Waals surface area (Å²) in [5, 5.41) is 10.7. The number of ether oxygens (including phenoxy) is 2. The number of methoxy groups -OCH3 is 1. The Balaban J connectivity index is 2.98. The molecule has 0 saturated carbocycles. The van der Waals surface area contributed by atoms with Crippen LogP contribution in [0.1, 0.15) is 6.92 Å². The Morgan fingerprint density at radius 2 is 2.24 bits per heavy atom. The van der Waals surface area contributed by atoms with E-state index in [0.29, 0.717) is 4.60 Å². The summed E-state index contributed by atoms with van der Waals surface area (Å²) in [6.45, 7) is 1.43. The summed E-state index contributed by atoms with van der Waals surface area (Å²) in [4.78, 5) is 24.8. The molecule has 0 amide bonds. The second kappa shape index (κ2) is 5.58. The highest BCUT2D eigenvalue weighted by atomic mass is 79.9. The van der Waals surface area contributed by atoms with E-state index in [0.717, 1.165) is 0 Å². The van der Waals surface area contributed by atoms with Crippen molar-refractivity contribution in [1.82, 2.24) is 4.98 Å². The molecule has 1 heterocycles. The van der Waals surface area contributed by atoms with Crippen molar-refractivity contribution in [2.45, 2.75) is 13.0 Å². The number of nitrogens with zero attached hydrogens (tertiary/aromatic N) is 2. The molecule has 17 heavy (non-hydrogen) atoms. The Labute approximate surface area is 105 Å². The minimum absolute atomic E-state index is 0.0869. The summed E-state index contributed by atoms with van der Waals surface area (Å²) >= 11 is 3.01. The largest absolute Gasteiger partial charge is 0.471 e. The van der Waals surface area contributed by atoms with Crippen LogP contribution in [0.3, 0.4) is 0 Å². The third-order valence-corrected chi connectivity index (χ3v) is 2.26. The number of carbonyl (C=O) groups is 1. The monoisotopic (exact) mass is 304 g/mol. The van der Waals surface area contributed by atoms with Crippen molar-refractivity contribution in [3.63, 3.8) is 0 Å². The van der Waals surface area contributed by atoms with Gasteiger partial charge in [0.1, 0.15) is 0 Å². The van der Waals surface area contributed by atoms with Crippen LogP contribution in [-0.2, 0) is 9.53 Å². The number of pyridine rings is 1. The van der Waals surface area contributed by atoms with Crippen molar-refractivity contribution in [2.75, 3.05) is 7.11 Å². The van der Waals surface area contributed by atoms with E-state index in [1.54, 1.807) is 0 Å². The zero-order valence-corrected chi connectivity index (χ0v) is 10.6. The quantitative estimate of drug-likeness (QED) is 0.364. The third kappa shape index (κ3) is 3.38. The molecule has 0 aliphatic carbocycles. The fourth-order valence-corrected chi connectivity index (χ4v) is 1.34. The summed E-state index contributed by atoms with van der Waals surface area (Å²) in [5.41, 5.74) is 0. The van der Waals surface area contributed by atoms with Crippen LogP contribution in [-0.4, -0.2) is 29.1 Å². The van der Waals surface area contributed by atoms with E-state index in [2.05, 4.69) is 25.7 Å². The molecule has 92 valence electrons. The van der Waals surface area contributed by atoms with Gasteiger partial charge in [-0.15, -0.1) is 0 Å². The SMILES string of the molecule is COC(=O)[C@@H](C)Oc1ccc(Br)nc1[N+](=O)[O-]. The van der Waals surface area contributed by atoms with Crippen LogP contribution in [0.15, 0.2) is 16.7 Å². The predicted molar refractivity (Wildman–Crippen MR) is 60.7 cm³/mol. The number of carbonyl (C=O) groups excluding carboxylic acids is 1. The molecule has 0 spiro atoms. The van der Waals surface area contributed by atoms with E-state index in [1.165, 1.54) is 26.2 Å². The lowest BCUT2D eigenvalue weighted by molar-refractivity contribution is -0.390. The average molecular weight is 305 g/mol. The molecule has 1 aromatic heterocycles. The van der Waals surface area contributed by atoms with Gasteiger partial charge in [0.25, 0.3) is 0 Å². The Kier molecular flexibility index (Phi) is 4.38. The second-order valence-corrected chi connectivity index (χ2v) is 3.81. The van der Waals surface area contributed by atoms with E-state index in [-0.39, 0.29) is 5.75 Å². The smallest absolute Gasteiger partial charge is 0.407 e. The molecule has 0 unspecified atom stereocenters. The molecule has 0 N–H and O–H groups in total. The lowest BCUT2D eigenvalue weighted by atomic mass is 10.4. The van der Waals surface area contributed by atoms with E-state index < -0.39 is 22.8 Å². The first-order valence-corrected chi connectivity index (χ1v) is 5.30. The lowest BCUT2D eigenvalue weighted by Gasteiger charge is -2.11. The minimum Gasteiger partial charge on any atom is -0.471 e. The number of esters is 1. The molecule has 0 radical (unpaired) electrons. The van der Waals surface area contributed by atoms with Crippen molar-refractivity contribution in [2.24, 2.45) is 0 Å². The Bertz CT molecular complexity index is 451. The Morgan fingerprint density at radius 3 is 2.76 bits per heavy atom. The van der Waals surface area contributed by atoms with E-state index in [4.69, 9.17) is 4.74 Å². The topological polar surface area (TPSA) is 91.6 Å². The van der Waals surface area contributed by atoms with Crippen molar-refractivity contribution < 1.29 is 19.2 Å². The molecule has 1 aromatic rings. The highest BCUT2D eigenvalue weighted by Crippen LogP contribution is 2.27. The molecule has 1 atom stereocenters. The fraction of sp³-hybridized carbons (Fsp3) is 0.333. The average Bonchev–Trinajstić information content (AvgIpc) is 2.29. The molecule has 0 aliphatic rings. The zero-order valence-electron chi connectivity index (χ0n) is 9.05. The first kappa shape index (κ1) is 13.4. The molecule has 0 aromatic carbocycles. The molecular weight excluding hydrogens is 296 g/mol. The summed E-state index contributed by atoms with van der Waals surface area (Å²) in [5.74, 6) is -1.17. The summed E-state index contributed by atoms with van der Waals surface area (Å²) in [6.07, 6.45) is -0.943. The van der Waals surface area contributed by atoms with Crippen LogP contribution in [0.25, 0.3) is 0 Å².